The maximum atomic E-state index is 12.0. The highest BCUT2D eigenvalue weighted by atomic mass is 16.5. The van der Waals surface area contributed by atoms with Crippen LogP contribution in [-0.2, 0) is 14.3 Å². The van der Waals surface area contributed by atoms with E-state index in [1.807, 2.05) is 44.2 Å². The molecule has 0 saturated carbocycles. The molecular weight excluding hydrogens is 242 g/mol. The number of carbonyl (C=O) groups excluding carboxylic acids is 2. The van der Waals surface area contributed by atoms with Gasteiger partial charge < -0.3 is 10.1 Å². The summed E-state index contributed by atoms with van der Waals surface area (Å²) in [7, 11) is 1.35. The maximum absolute atomic E-state index is 12.0. The van der Waals surface area contributed by atoms with Gasteiger partial charge in [0, 0.05) is 5.92 Å². The molecule has 1 N–H and O–H groups in total. The standard InChI is InChI=1S/C15H21NO3/c1-4-11(2)15(18)16-13(10-14(17)19-3)12-8-6-5-7-9-12/h5-9,11,13H,4,10H2,1-3H3,(H,16,18)/t11-,13-/m1/s1. The van der Waals surface area contributed by atoms with Crippen LogP contribution in [0, 0.1) is 5.92 Å². The first-order chi connectivity index (χ1) is 9.08. The fourth-order valence-corrected chi connectivity index (χ4v) is 1.69. The van der Waals surface area contributed by atoms with E-state index < -0.39 is 0 Å². The van der Waals surface area contributed by atoms with Crippen molar-refractivity contribution in [2.24, 2.45) is 5.92 Å². The van der Waals surface area contributed by atoms with Gasteiger partial charge in [0.1, 0.15) is 0 Å². The molecule has 0 heterocycles. The summed E-state index contributed by atoms with van der Waals surface area (Å²) in [4.78, 5) is 23.4. The highest BCUT2D eigenvalue weighted by Gasteiger charge is 2.20. The lowest BCUT2D eigenvalue weighted by atomic mass is 10.0. The largest absolute Gasteiger partial charge is 0.469 e. The molecule has 0 radical (unpaired) electrons. The molecule has 0 aliphatic carbocycles. The number of rotatable bonds is 6. The molecule has 1 rings (SSSR count). The van der Waals surface area contributed by atoms with E-state index in [1.165, 1.54) is 7.11 Å². The summed E-state index contributed by atoms with van der Waals surface area (Å²) in [6.45, 7) is 3.83. The van der Waals surface area contributed by atoms with E-state index in [2.05, 4.69) is 10.1 Å². The van der Waals surface area contributed by atoms with Gasteiger partial charge in [-0.1, -0.05) is 44.2 Å². The zero-order valence-electron chi connectivity index (χ0n) is 11.7. The number of methoxy groups -OCH3 is 1. The molecule has 2 atom stereocenters. The van der Waals surface area contributed by atoms with Crippen LogP contribution in [0.15, 0.2) is 30.3 Å². The molecule has 1 amide bonds. The van der Waals surface area contributed by atoms with Crippen molar-refractivity contribution < 1.29 is 14.3 Å². The quantitative estimate of drug-likeness (QED) is 0.802. The van der Waals surface area contributed by atoms with Gasteiger partial charge in [-0.3, -0.25) is 9.59 Å². The lowest BCUT2D eigenvalue weighted by molar-refractivity contribution is -0.141. The molecule has 0 spiro atoms. The van der Waals surface area contributed by atoms with Crippen LogP contribution in [0.25, 0.3) is 0 Å². The summed E-state index contributed by atoms with van der Waals surface area (Å²) < 4.78 is 4.68. The zero-order chi connectivity index (χ0) is 14.3. The van der Waals surface area contributed by atoms with Crippen LogP contribution in [0.3, 0.4) is 0 Å². The minimum Gasteiger partial charge on any atom is -0.469 e. The number of ether oxygens (including phenoxy) is 1. The Morgan fingerprint density at radius 3 is 2.42 bits per heavy atom. The Bertz CT molecular complexity index is 417. The van der Waals surface area contributed by atoms with Gasteiger partial charge in [0.25, 0.3) is 0 Å². The van der Waals surface area contributed by atoms with Crippen LogP contribution in [0.2, 0.25) is 0 Å². The number of amides is 1. The summed E-state index contributed by atoms with van der Waals surface area (Å²) in [6, 6.07) is 9.11. The fourth-order valence-electron chi connectivity index (χ4n) is 1.69. The van der Waals surface area contributed by atoms with Crippen molar-refractivity contribution in [3.05, 3.63) is 35.9 Å². The third-order valence-corrected chi connectivity index (χ3v) is 3.18. The number of hydrogen-bond acceptors (Lipinski definition) is 3. The summed E-state index contributed by atoms with van der Waals surface area (Å²) in [6.07, 6.45) is 0.911. The molecule has 19 heavy (non-hydrogen) atoms. The normalized spacial score (nSPS) is 13.4. The molecule has 1 aromatic rings. The molecule has 0 fully saturated rings. The van der Waals surface area contributed by atoms with E-state index >= 15 is 0 Å². The molecule has 0 bridgehead atoms. The fraction of sp³-hybridized carbons (Fsp3) is 0.467. The topological polar surface area (TPSA) is 55.4 Å². The van der Waals surface area contributed by atoms with Crippen molar-refractivity contribution in [1.29, 1.82) is 0 Å². The first-order valence-corrected chi connectivity index (χ1v) is 6.50. The van der Waals surface area contributed by atoms with Gasteiger partial charge in [-0.25, -0.2) is 0 Å². The first kappa shape index (κ1) is 15.2. The van der Waals surface area contributed by atoms with E-state index in [0.29, 0.717) is 0 Å². The van der Waals surface area contributed by atoms with Crippen molar-refractivity contribution in [1.82, 2.24) is 5.32 Å². The SMILES string of the molecule is CC[C@@H](C)C(=O)N[C@H](CC(=O)OC)c1ccccc1. The molecular formula is C15H21NO3. The van der Waals surface area contributed by atoms with Gasteiger partial charge in [-0.15, -0.1) is 0 Å². The molecule has 0 saturated heterocycles. The van der Waals surface area contributed by atoms with Crippen LogP contribution in [-0.4, -0.2) is 19.0 Å². The van der Waals surface area contributed by atoms with Gasteiger partial charge >= 0.3 is 5.97 Å². The zero-order valence-corrected chi connectivity index (χ0v) is 11.7. The lowest BCUT2D eigenvalue weighted by Gasteiger charge is -2.20. The summed E-state index contributed by atoms with van der Waals surface area (Å²) in [5.74, 6) is -0.442. The maximum Gasteiger partial charge on any atom is 0.307 e. The minimum atomic E-state index is -0.338. The summed E-state index contributed by atoms with van der Waals surface area (Å²) in [5.41, 5.74) is 0.907. The molecule has 104 valence electrons. The second-order valence-corrected chi connectivity index (χ2v) is 4.56. The average molecular weight is 263 g/mol. The lowest BCUT2D eigenvalue weighted by Crippen LogP contribution is -2.34. The first-order valence-electron chi connectivity index (χ1n) is 6.50. The smallest absolute Gasteiger partial charge is 0.307 e. The summed E-state index contributed by atoms with van der Waals surface area (Å²) in [5, 5.41) is 2.91. The Labute approximate surface area is 114 Å². The summed E-state index contributed by atoms with van der Waals surface area (Å²) >= 11 is 0. The van der Waals surface area contributed by atoms with E-state index in [0.717, 1.165) is 12.0 Å². The average Bonchev–Trinajstić information content (AvgIpc) is 2.46. The monoisotopic (exact) mass is 263 g/mol. The van der Waals surface area contributed by atoms with Gasteiger partial charge in [0.05, 0.1) is 19.6 Å². The molecule has 0 aliphatic heterocycles. The number of carbonyl (C=O) groups is 2. The molecule has 1 aromatic carbocycles. The van der Waals surface area contributed by atoms with Gasteiger partial charge in [-0.05, 0) is 12.0 Å². The highest BCUT2D eigenvalue weighted by Crippen LogP contribution is 2.18. The predicted molar refractivity (Wildman–Crippen MR) is 73.4 cm³/mol. The number of hydrogen-bond donors (Lipinski definition) is 1. The van der Waals surface area contributed by atoms with Gasteiger partial charge in [-0.2, -0.15) is 0 Å². The van der Waals surface area contributed by atoms with Crippen LogP contribution >= 0.6 is 0 Å². The van der Waals surface area contributed by atoms with Gasteiger partial charge in [0.2, 0.25) is 5.91 Å². The number of benzene rings is 1. The number of nitrogens with one attached hydrogen (secondary N) is 1. The van der Waals surface area contributed by atoms with E-state index in [4.69, 9.17) is 0 Å². The third-order valence-electron chi connectivity index (χ3n) is 3.18. The van der Waals surface area contributed by atoms with E-state index in [-0.39, 0.29) is 30.3 Å². The van der Waals surface area contributed by atoms with Crippen LogP contribution < -0.4 is 5.32 Å². The third kappa shape index (κ3) is 4.73. The Morgan fingerprint density at radius 2 is 1.89 bits per heavy atom. The second-order valence-electron chi connectivity index (χ2n) is 4.56. The van der Waals surface area contributed by atoms with Crippen molar-refractivity contribution in [2.75, 3.05) is 7.11 Å². The molecule has 0 aromatic heterocycles. The van der Waals surface area contributed by atoms with E-state index in [1.54, 1.807) is 0 Å². The van der Waals surface area contributed by atoms with Crippen molar-refractivity contribution in [3.63, 3.8) is 0 Å². The Morgan fingerprint density at radius 1 is 1.26 bits per heavy atom. The Kier molecular flexibility index (Phi) is 6.06. The molecule has 0 unspecified atom stereocenters. The van der Waals surface area contributed by atoms with Crippen molar-refractivity contribution in [3.8, 4) is 0 Å². The Balaban J connectivity index is 2.81. The van der Waals surface area contributed by atoms with Gasteiger partial charge in [0.15, 0.2) is 0 Å². The molecule has 0 aliphatic rings. The molecule has 4 nitrogen and oxygen atoms in total. The minimum absolute atomic E-state index is 0.0414. The van der Waals surface area contributed by atoms with E-state index in [9.17, 15) is 9.59 Å². The van der Waals surface area contributed by atoms with Crippen LogP contribution in [0.5, 0.6) is 0 Å². The number of esters is 1. The second kappa shape index (κ2) is 7.56. The van der Waals surface area contributed by atoms with Crippen LogP contribution in [0.4, 0.5) is 0 Å². The predicted octanol–water partition coefficient (Wildman–Crippen LogP) is 2.45. The van der Waals surface area contributed by atoms with Crippen molar-refractivity contribution >= 4 is 11.9 Å². The van der Waals surface area contributed by atoms with Crippen molar-refractivity contribution in [2.45, 2.75) is 32.7 Å². The highest BCUT2D eigenvalue weighted by molar-refractivity contribution is 5.79. The Hall–Kier alpha value is -1.84. The van der Waals surface area contributed by atoms with Crippen LogP contribution in [0.1, 0.15) is 38.3 Å². The molecule has 4 heteroatoms.